The molecule has 0 amide bonds. The second-order valence-electron chi connectivity index (χ2n) is 15.6. The average Bonchev–Trinajstić information content (AvgIpc) is 3.30. The monoisotopic (exact) mass is 442 g/mol. The lowest BCUT2D eigenvalue weighted by Gasteiger charge is -2.55. The van der Waals surface area contributed by atoms with E-state index in [9.17, 15) is 0 Å². The lowest BCUT2D eigenvalue weighted by molar-refractivity contribution is 0.104. The van der Waals surface area contributed by atoms with E-state index in [1.54, 1.807) is 25.7 Å². The minimum atomic E-state index is 0.561. The minimum absolute atomic E-state index is 0.561. The highest BCUT2D eigenvalue weighted by Crippen LogP contribution is 2.80. The molecule has 10 atom stereocenters. The van der Waals surface area contributed by atoms with Crippen LogP contribution in [-0.2, 0) is 0 Å². The van der Waals surface area contributed by atoms with E-state index in [4.69, 9.17) is 0 Å². The van der Waals surface area contributed by atoms with Crippen molar-refractivity contribution in [1.82, 2.24) is 0 Å². The van der Waals surface area contributed by atoms with E-state index in [-0.39, 0.29) is 0 Å². The minimum Gasteiger partial charge on any atom is -0.109 e. The summed E-state index contributed by atoms with van der Waals surface area (Å²) in [4.78, 5) is 0. The zero-order valence-electron chi connectivity index (χ0n) is 22.0. The normalized spacial score (nSPS) is 61.2. The zero-order valence-corrected chi connectivity index (χ0v) is 23.0. The topological polar surface area (TPSA) is 0 Å². The highest BCUT2D eigenvalue weighted by Gasteiger charge is 2.71. The molecule has 1 heteroatoms. The molecule has 6 fully saturated rings. The van der Waals surface area contributed by atoms with Crippen molar-refractivity contribution < 1.29 is 0 Å². The summed E-state index contributed by atoms with van der Waals surface area (Å²) in [6, 6.07) is 0. The molecule has 0 unspecified atom stereocenters. The van der Waals surface area contributed by atoms with Gasteiger partial charge < -0.3 is 0 Å². The lowest BCUT2D eigenvalue weighted by Crippen LogP contribution is -2.48. The van der Waals surface area contributed by atoms with Gasteiger partial charge in [-0.05, 0) is 132 Å². The molecule has 0 aromatic carbocycles. The van der Waals surface area contributed by atoms with Gasteiger partial charge in [-0.2, -0.15) is 0 Å². The molecule has 6 rings (SSSR count). The van der Waals surface area contributed by atoms with E-state index in [0.717, 1.165) is 46.3 Å². The highest BCUT2D eigenvalue weighted by molar-refractivity contribution is 7.42. The summed E-state index contributed by atoms with van der Waals surface area (Å²) >= 11 is 0. The third kappa shape index (κ3) is 2.44. The SMILES string of the molecule is C[C@@H]1CC[C@H]2C(C)(C)[C@H]3C[C@@]12CC[C@]3(C)P[C@@]1(C)CC[C@@]23C[C@@H]1C(C)(C)[C@@H]2CC[C@H]3C. The number of rotatable bonds is 2. The smallest absolute Gasteiger partial charge is 0.0111 e. The van der Waals surface area contributed by atoms with Crippen LogP contribution in [0.15, 0.2) is 0 Å². The summed E-state index contributed by atoms with van der Waals surface area (Å²) in [6.45, 7) is 21.6. The van der Waals surface area contributed by atoms with Crippen molar-refractivity contribution in [2.75, 3.05) is 0 Å². The fourth-order valence-corrected chi connectivity index (χ4v) is 15.9. The lowest BCUT2D eigenvalue weighted by atomic mass is 9.65. The molecule has 6 aliphatic carbocycles. The summed E-state index contributed by atoms with van der Waals surface area (Å²) in [7, 11) is 1.18. The molecule has 0 aromatic rings. The van der Waals surface area contributed by atoms with E-state index in [2.05, 4.69) is 55.4 Å². The molecule has 6 saturated carbocycles. The largest absolute Gasteiger partial charge is 0.109 e. The molecule has 4 bridgehead atoms. The Balaban J connectivity index is 1.32. The van der Waals surface area contributed by atoms with Crippen molar-refractivity contribution in [1.29, 1.82) is 0 Å². The maximum absolute atomic E-state index is 2.79. The van der Waals surface area contributed by atoms with Gasteiger partial charge in [-0.3, -0.25) is 0 Å². The molecule has 2 spiro atoms. The first-order valence-corrected chi connectivity index (χ1v) is 15.1. The predicted molar refractivity (Wildman–Crippen MR) is 136 cm³/mol. The van der Waals surface area contributed by atoms with Crippen molar-refractivity contribution in [2.24, 2.45) is 57.2 Å². The van der Waals surface area contributed by atoms with Crippen LogP contribution < -0.4 is 0 Å². The molecule has 0 aliphatic heterocycles. The van der Waals surface area contributed by atoms with E-state index in [1.165, 1.54) is 47.1 Å². The molecule has 0 N–H and O–H groups in total. The molecule has 176 valence electrons. The van der Waals surface area contributed by atoms with Crippen LogP contribution in [0.4, 0.5) is 0 Å². The Morgan fingerprint density at radius 3 is 1.29 bits per heavy atom. The summed E-state index contributed by atoms with van der Waals surface area (Å²) in [5.74, 6) is 5.92. The zero-order chi connectivity index (χ0) is 22.2. The third-order valence-corrected chi connectivity index (χ3v) is 16.6. The van der Waals surface area contributed by atoms with Gasteiger partial charge in [0.05, 0.1) is 0 Å². The van der Waals surface area contributed by atoms with Gasteiger partial charge >= 0.3 is 0 Å². The van der Waals surface area contributed by atoms with Gasteiger partial charge in [-0.25, -0.2) is 0 Å². The van der Waals surface area contributed by atoms with Crippen LogP contribution in [0.1, 0.15) is 120 Å². The van der Waals surface area contributed by atoms with Crippen LogP contribution in [0.25, 0.3) is 0 Å². The Labute approximate surface area is 195 Å². The average molecular weight is 443 g/mol. The van der Waals surface area contributed by atoms with Gasteiger partial charge in [-0.1, -0.05) is 55.4 Å². The molecule has 0 nitrogen and oxygen atoms in total. The molecule has 0 aromatic heterocycles. The van der Waals surface area contributed by atoms with Gasteiger partial charge in [0, 0.05) is 0 Å². The van der Waals surface area contributed by atoms with Crippen molar-refractivity contribution >= 4 is 8.58 Å². The van der Waals surface area contributed by atoms with Crippen LogP contribution >= 0.6 is 8.58 Å². The van der Waals surface area contributed by atoms with Gasteiger partial charge in [0.2, 0.25) is 0 Å². The molecule has 6 aliphatic rings. The fourth-order valence-electron chi connectivity index (χ4n) is 12.8. The van der Waals surface area contributed by atoms with Crippen molar-refractivity contribution in [3.05, 3.63) is 0 Å². The fraction of sp³-hybridized carbons (Fsp3) is 1.00. The maximum Gasteiger partial charge on any atom is -0.0111 e. The number of hydrogen-bond donors (Lipinski definition) is 0. The Hall–Kier alpha value is 0.430. The van der Waals surface area contributed by atoms with Crippen molar-refractivity contribution in [3.63, 3.8) is 0 Å². The second kappa shape index (κ2) is 6.16. The van der Waals surface area contributed by atoms with E-state index in [1.807, 2.05) is 0 Å². The standard InChI is InChI=1S/C30H51P/c1-19-9-11-21-25(3,4)23-17-29(19,21)15-13-27(23,7)31-28(8)14-16-30-18-24(28)26(5,6)22(30)12-10-20(30)2/h19-24,31H,9-18H2,1-8H3/t19-,20-,21+,22+,23-,24-,27+,28+,29+,30+/m1/s1. The van der Waals surface area contributed by atoms with Crippen LogP contribution in [0.5, 0.6) is 0 Å². The van der Waals surface area contributed by atoms with Crippen LogP contribution in [0, 0.1) is 57.2 Å². The van der Waals surface area contributed by atoms with Gasteiger partial charge in [0.15, 0.2) is 0 Å². The molecular formula is C30H51P. The quantitative estimate of drug-likeness (QED) is 0.374. The Morgan fingerprint density at radius 2 is 0.903 bits per heavy atom. The van der Waals surface area contributed by atoms with Crippen molar-refractivity contribution in [2.45, 2.75) is 130 Å². The Morgan fingerprint density at radius 1 is 0.516 bits per heavy atom. The first kappa shape index (κ1) is 21.9. The first-order chi connectivity index (χ1) is 14.3. The summed E-state index contributed by atoms with van der Waals surface area (Å²) in [6.07, 6.45) is 15.4. The van der Waals surface area contributed by atoms with Gasteiger partial charge in [-0.15, -0.1) is 8.58 Å². The predicted octanol–water partition coefficient (Wildman–Crippen LogP) is 8.93. The summed E-state index contributed by atoms with van der Waals surface area (Å²) < 4.78 is 0. The number of fused-ring (bicyclic) bond motifs is 2. The summed E-state index contributed by atoms with van der Waals surface area (Å²) in [5.41, 5.74) is 2.56. The van der Waals surface area contributed by atoms with Gasteiger partial charge in [0.25, 0.3) is 0 Å². The van der Waals surface area contributed by atoms with Gasteiger partial charge in [0.1, 0.15) is 0 Å². The molecular weight excluding hydrogens is 391 g/mol. The molecule has 31 heavy (non-hydrogen) atoms. The third-order valence-electron chi connectivity index (χ3n) is 14.2. The van der Waals surface area contributed by atoms with Crippen LogP contribution in [-0.4, -0.2) is 10.3 Å². The van der Waals surface area contributed by atoms with Crippen molar-refractivity contribution in [3.8, 4) is 0 Å². The highest BCUT2D eigenvalue weighted by atomic mass is 31.1. The van der Waals surface area contributed by atoms with E-state index < -0.39 is 0 Å². The molecule has 0 saturated heterocycles. The van der Waals surface area contributed by atoms with Crippen LogP contribution in [0.2, 0.25) is 0 Å². The molecule has 0 heterocycles. The van der Waals surface area contributed by atoms with Crippen LogP contribution in [0.3, 0.4) is 0 Å². The maximum atomic E-state index is 2.79. The summed E-state index contributed by atoms with van der Waals surface area (Å²) in [5, 5.41) is 1.19. The Bertz CT molecular complexity index is 717. The number of hydrogen-bond acceptors (Lipinski definition) is 0. The molecule has 0 radical (unpaired) electrons. The second-order valence-corrected chi connectivity index (χ2v) is 18.2. The van der Waals surface area contributed by atoms with E-state index in [0.29, 0.717) is 21.1 Å². The van der Waals surface area contributed by atoms with E-state index >= 15 is 0 Å². The Kier molecular flexibility index (Phi) is 4.36. The first-order valence-electron chi connectivity index (χ1n) is 14.1.